The van der Waals surface area contributed by atoms with E-state index in [0.717, 1.165) is 37.4 Å². The van der Waals surface area contributed by atoms with Crippen LogP contribution in [0.3, 0.4) is 0 Å². The van der Waals surface area contributed by atoms with Gasteiger partial charge in [0, 0.05) is 23.9 Å². The minimum Gasteiger partial charge on any atom is -0.506 e. The lowest BCUT2D eigenvalue weighted by molar-refractivity contribution is 0.282. The molecule has 0 radical (unpaired) electrons. The Labute approximate surface area is 314 Å². The summed E-state index contributed by atoms with van der Waals surface area (Å²) in [4.78, 5) is -1.79. The number of rotatable bonds is 17. The zero-order valence-corrected chi connectivity index (χ0v) is 32.1. The molecule has 0 fully saturated rings. The van der Waals surface area contributed by atoms with Gasteiger partial charge < -0.3 is 15.2 Å². The average Bonchev–Trinajstić information content (AvgIpc) is 3.07. The van der Waals surface area contributed by atoms with E-state index < -0.39 is 107 Å². The Balaban J connectivity index is 1.81. The van der Waals surface area contributed by atoms with Gasteiger partial charge in [-0.2, -0.15) is 25.3 Å². The van der Waals surface area contributed by atoms with Crippen LogP contribution in [0.25, 0.3) is 10.8 Å². The number of anilines is 1. The first-order chi connectivity index (χ1) is 25.5. The molecule has 0 aromatic heterocycles. The Morgan fingerprint density at radius 1 is 0.636 bits per heavy atom. The van der Waals surface area contributed by atoms with Crippen molar-refractivity contribution in [3.8, 4) is 11.5 Å². The van der Waals surface area contributed by atoms with E-state index in [9.17, 15) is 51.7 Å². The van der Waals surface area contributed by atoms with Crippen molar-refractivity contribution >= 4 is 89.8 Å². The molecule has 0 atom stereocenters. The van der Waals surface area contributed by atoms with Crippen LogP contribution in [-0.2, 0) is 59.0 Å². The quantitative estimate of drug-likeness (QED) is 0.0743. The minimum absolute atomic E-state index is 0.0312. The van der Waals surface area contributed by atoms with Crippen molar-refractivity contribution in [2.45, 2.75) is 14.7 Å². The predicted octanol–water partition coefficient (Wildman–Crippen LogP) is 3.86. The standard InChI is InChI=1S/C28H29N5O17S5/c1-29-22-10-8-18-19(26(22)32-31-21-5-3-4-6-24(21)52(37,38)14-12-50-55(45,46)47)16-25(53(39,40)41)27(28(18)48-2)33-30-20-9-7-17(15-23(20)34)51(35,36)13-11-49-54(42,43)44/h3-10,15-16,29,34H,11-14H2,1-2H3,(H,39,40,41)(H,42,43,44)(H,45,46,47). The second-order valence-electron chi connectivity index (χ2n) is 10.7. The zero-order chi connectivity index (χ0) is 41.0. The summed E-state index contributed by atoms with van der Waals surface area (Å²) in [5.41, 5.74) is -1.08. The lowest BCUT2D eigenvalue weighted by Crippen LogP contribution is -2.15. The molecule has 5 N–H and O–H groups in total. The Bertz CT molecular complexity index is 2760. The van der Waals surface area contributed by atoms with Crippen molar-refractivity contribution in [1.29, 1.82) is 0 Å². The number of phenols is 1. The summed E-state index contributed by atoms with van der Waals surface area (Å²) in [7, 11) is -20.9. The molecule has 27 heteroatoms. The number of nitrogens with one attached hydrogen (secondary N) is 1. The topological polar surface area (TPSA) is 341 Å². The van der Waals surface area contributed by atoms with E-state index in [4.69, 9.17) is 13.8 Å². The van der Waals surface area contributed by atoms with Gasteiger partial charge in [-0.1, -0.05) is 12.1 Å². The van der Waals surface area contributed by atoms with E-state index >= 15 is 0 Å². The van der Waals surface area contributed by atoms with Crippen molar-refractivity contribution in [3.63, 3.8) is 0 Å². The monoisotopic (exact) mass is 867 g/mol. The normalized spacial score (nSPS) is 13.2. The number of hydrogen-bond acceptors (Lipinski definition) is 19. The number of nitrogens with zero attached hydrogens (tertiary/aromatic N) is 4. The van der Waals surface area contributed by atoms with Gasteiger partial charge in [0.15, 0.2) is 25.4 Å². The third-order valence-corrected chi connectivity index (χ3v) is 12.3. The smallest absolute Gasteiger partial charge is 0.397 e. The molecule has 22 nitrogen and oxygen atoms in total. The van der Waals surface area contributed by atoms with Crippen LogP contribution in [-0.4, -0.2) is 99.7 Å². The maximum Gasteiger partial charge on any atom is 0.397 e. The van der Waals surface area contributed by atoms with Crippen molar-refractivity contribution in [3.05, 3.63) is 60.7 Å². The number of sulfone groups is 2. The number of phenolic OH excluding ortho intramolecular Hbond substituents is 1. The van der Waals surface area contributed by atoms with Crippen molar-refractivity contribution < 1.29 is 74.0 Å². The maximum absolute atomic E-state index is 13.0. The number of methoxy groups -OCH3 is 1. The van der Waals surface area contributed by atoms with Crippen LogP contribution in [0, 0.1) is 0 Å². The molecule has 55 heavy (non-hydrogen) atoms. The van der Waals surface area contributed by atoms with Crippen LogP contribution in [0.1, 0.15) is 0 Å². The molecule has 0 heterocycles. The predicted molar refractivity (Wildman–Crippen MR) is 192 cm³/mol. The summed E-state index contributed by atoms with van der Waals surface area (Å²) in [6.07, 6.45) is 0. The molecule has 0 aliphatic carbocycles. The second kappa shape index (κ2) is 16.6. The Morgan fingerprint density at radius 3 is 1.78 bits per heavy atom. The summed E-state index contributed by atoms with van der Waals surface area (Å²) < 4.78 is 161. The fourth-order valence-electron chi connectivity index (χ4n) is 4.72. The lowest BCUT2D eigenvalue weighted by atomic mass is 10.0. The molecule has 0 bridgehead atoms. The van der Waals surface area contributed by atoms with Crippen molar-refractivity contribution in [1.82, 2.24) is 0 Å². The van der Waals surface area contributed by atoms with Gasteiger partial charge in [0.1, 0.15) is 33.4 Å². The second-order valence-corrected chi connectivity index (χ2v) is 18.5. The van der Waals surface area contributed by atoms with E-state index in [1.54, 1.807) is 0 Å². The summed E-state index contributed by atoms with van der Waals surface area (Å²) in [5.74, 6) is -2.86. The molecule has 0 saturated heterocycles. The van der Waals surface area contributed by atoms with E-state index in [2.05, 4.69) is 34.1 Å². The van der Waals surface area contributed by atoms with E-state index in [1.165, 1.54) is 37.4 Å². The van der Waals surface area contributed by atoms with Gasteiger partial charge in [-0.15, -0.1) is 20.5 Å². The largest absolute Gasteiger partial charge is 0.506 e. The van der Waals surface area contributed by atoms with Gasteiger partial charge in [0.05, 0.1) is 47.3 Å². The third-order valence-electron chi connectivity index (χ3n) is 7.13. The van der Waals surface area contributed by atoms with Crippen LogP contribution in [0.4, 0.5) is 28.4 Å². The Morgan fingerprint density at radius 2 is 1.22 bits per heavy atom. The van der Waals surface area contributed by atoms with Gasteiger partial charge in [-0.25, -0.2) is 25.2 Å². The number of aromatic hydroxyl groups is 1. The molecule has 0 aliphatic heterocycles. The summed E-state index contributed by atoms with van der Waals surface area (Å²) in [5, 5.41) is 29.3. The first-order valence-electron chi connectivity index (χ1n) is 14.7. The highest BCUT2D eigenvalue weighted by Crippen LogP contribution is 2.47. The molecule has 298 valence electrons. The summed E-state index contributed by atoms with van der Waals surface area (Å²) in [6, 6.07) is 11.7. The van der Waals surface area contributed by atoms with Gasteiger partial charge in [-0.3, -0.25) is 13.7 Å². The van der Waals surface area contributed by atoms with Crippen molar-refractivity contribution in [2.24, 2.45) is 20.5 Å². The van der Waals surface area contributed by atoms with Crippen LogP contribution in [0.5, 0.6) is 11.5 Å². The zero-order valence-electron chi connectivity index (χ0n) is 28.0. The van der Waals surface area contributed by atoms with Crippen LogP contribution >= 0.6 is 0 Å². The van der Waals surface area contributed by atoms with Crippen LogP contribution < -0.4 is 10.1 Å². The number of hydrogen-bond donors (Lipinski definition) is 5. The van der Waals surface area contributed by atoms with Crippen LogP contribution in [0.15, 0.2) is 95.8 Å². The number of ether oxygens (including phenoxy) is 1. The van der Waals surface area contributed by atoms with Gasteiger partial charge >= 0.3 is 20.8 Å². The molecule has 0 aliphatic rings. The van der Waals surface area contributed by atoms with Gasteiger partial charge in [-0.05, 0) is 42.5 Å². The number of azo groups is 2. The van der Waals surface area contributed by atoms with E-state index in [-0.39, 0.29) is 33.6 Å². The highest BCUT2D eigenvalue weighted by Gasteiger charge is 2.26. The first-order valence-corrected chi connectivity index (χ1v) is 22.2. The van der Waals surface area contributed by atoms with Crippen molar-refractivity contribution in [2.75, 3.05) is 44.2 Å². The third kappa shape index (κ3) is 11.0. The maximum atomic E-state index is 13.0. The Hall–Kier alpha value is -4.71. The molecular formula is C28H29N5O17S5. The number of fused-ring (bicyclic) bond motifs is 1. The molecule has 0 saturated carbocycles. The van der Waals surface area contributed by atoms with E-state index in [0.29, 0.717) is 0 Å². The molecule has 0 spiro atoms. The van der Waals surface area contributed by atoms with E-state index in [1.807, 2.05) is 0 Å². The molecule has 4 rings (SSSR count). The molecular weight excluding hydrogens is 839 g/mol. The molecule has 4 aromatic rings. The molecule has 0 unspecified atom stereocenters. The summed E-state index contributed by atoms with van der Waals surface area (Å²) >= 11 is 0. The fraction of sp³-hybridized carbons (Fsp3) is 0.214. The fourth-order valence-corrected chi connectivity index (χ4v) is 8.50. The Kier molecular flexibility index (Phi) is 13.0. The lowest BCUT2D eigenvalue weighted by Gasteiger charge is -2.15. The highest BCUT2D eigenvalue weighted by molar-refractivity contribution is 7.92. The van der Waals surface area contributed by atoms with Crippen LogP contribution in [0.2, 0.25) is 0 Å². The SMILES string of the molecule is CNc1ccc2c(OC)c(N=Nc3ccc(S(=O)(=O)CCOS(=O)(=O)O)cc3O)c(S(=O)(=O)O)cc2c1N=Nc1ccccc1S(=O)(=O)CCOS(=O)(=O)O. The molecule has 0 amide bonds. The number of benzene rings is 4. The van der Waals surface area contributed by atoms with Gasteiger partial charge in [0.25, 0.3) is 10.1 Å². The molecule has 4 aromatic carbocycles. The average molecular weight is 868 g/mol. The first kappa shape index (κ1) is 43.0. The highest BCUT2D eigenvalue weighted by atomic mass is 32.3. The summed E-state index contributed by atoms with van der Waals surface area (Å²) in [6.45, 7) is -1.85. The minimum atomic E-state index is -5.16. The van der Waals surface area contributed by atoms with Gasteiger partial charge in [0.2, 0.25) is 0 Å².